The van der Waals surface area contributed by atoms with Crippen LogP contribution in [0.1, 0.15) is 12.6 Å². The van der Waals surface area contributed by atoms with Crippen molar-refractivity contribution < 1.29 is 8.42 Å². The number of nitrogens with one attached hydrogen (secondary N) is 1. The monoisotopic (exact) mass is 281 g/mol. The van der Waals surface area contributed by atoms with Gasteiger partial charge in [0.15, 0.2) is 0 Å². The Morgan fingerprint density at radius 3 is 2.63 bits per heavy atom. The van der Waals surface area contributed by atoms with Gasteiger partial charge in [0.1, 0.15) is 4.90 Å². The Hall–Kier alpha value is -1.37. The molecule has 2 rings (SSSR count). The lowest BCUT2D eigenvalue weighted by Gasteiger charge is -2.12. The predicted octanol–water partition coefficient (Wildman–Crippen LogP) is 1.11. The van der Waals surface area contributed by atoms with Crippen LogP contribution in [0.5, 0.6) is 0 Å². The summed E-state index contributed by atoms with van der Waals surface area (Å²) in [5.74, 6) is 0. The maximum absolute atomic E-state index is 12.5. The molecule has 1 aromatic heterocycles. The first-order valence-corrected chi connectivity index (χ1v) is 7.63. The van der Waals surface area contributed by atoms with Crippen molar-refractivity contribution in [1.29, 1.82) is 0 Å². The molecule has 0 spiro atoms. The lowest BCUT2D eigenvalue weighted by molar-refractivity contribution is 0.562. The summed E-state index contributed by atoms with van der Waals surface area (Å²) in [4.78, 5) is 0.339. The lowest BCUT2D eigenvalue weighted by atomic mass is 10.2. The van der Waals surface area contributed by atoms with Crippen LogP contribution in [0.4, 0.5) is 0 Å². The van der Waals surface area contributed by atoms with Crippen LogP contribution in [0.2, 0.25) is 0 Å². The average molecular weight is 281 g/mol. The molecule has 5 nitrogen and oxygen atoms in total. The smallest absolute Gasteiger partial charge is 0.243 e. The summed E-state index contributed by atoms with van der Waals surface area (Å²) in [6.45, 7) is 3.82. The van der Waals surface area contributed by atoms with Crippen molar-refractivity contribution in [3.63, 3.8) is 0 Å². The van der Waals surface area contributed by atoms with Gasteiger partial charge in [0.2, 0.25) is 10.0 Å². The van der Waals surface area contributed by atoms with Crippen LogP contribution in [0.15, 0.2) is 29.2 Å². The summed E-state index contributed by atoms with van der Waals surface area (Å²) < 4.78 is 29.4. The molecule has 1 heterocycles. The molecule has 0 amide bonds. The maximum Gasteiger partial charge on any atom is 0.243 e. The third kappa shape index (κ3) is 2.39. The van der Waals surface area contributed by atoms with Gasteiger partial charge in [-0.05, 0) is 19.9 Å². The third-order valence-electron chi connectivity index (χ3n) is 3.32. The molecule has 0 aliphatic carbocycles. The Morgan fingerprint density at radius 1 is 1.37 bits per heavy atom. The zero-order chi connectivity index (χ0) is 14.2. The predicted molar refractivity (Wildman–Crippen MR) is 76.5 cm³/mol. The molecule has 3 N–H and O–H groups in total. The van der Waals surface area contributed by atoms with Gasteiger partial charge in [-0.1, -0.05) is 18.2 Å². The van der Waals surface area contributed by atoms with Gasteiger partial charge in [-0.3, -0.25) is 0 Å². The highest BCUT2D eigenvalue weighted by atomic mass is 32.2. The Kier molecular flexibility index (Phi) is 3.66. The van der Waals surface area contributed by atoms with Crippen molar-refractivity contribution in [2.45, 2.75) is 24.8 Å². The van der Waals surface area contributed by atoms with Crippen LogP contribution in [-0.2, 0) is 17.1 Å². The van der Waals surface area contributed by atoms with Gasteiger partial charge in [-0.2, -0.15) is 0 Å². The van der Waals surface area contributed by atoms with E-state index in [1.165, 1.54) is 0 Å². The molecule has 0 fully saturated rings. The summed E-state index contributed by atoms with van der Waals surface area (Å²) in [7, 11) is -1.69. The van der Waals surface area contributed by atoms with E-state index in [0.29, 0.717) is 4.90 Å². The van der Waals surface area contributed by atoms with Crippen molar-refractivity contribution in [3.8, 4) is 0 Å². The fourth-order valence-corrected chi connectivity index (χ4v) is 3.93. The van der Waals surface area contributed by atoms with E-state index in [1.54, 1.807) is 6.92 Å². The Bertz CT molecular complexity index is 704. The number of para-hydroxylation sites is 1. The van der Waals surface area contributed by atoms with Gasteiger partial charge in [0, 0.05) is 36.2 Å². The molecule has 0 aliphatic rings. The second-order valence-electron chi connectivity index (χ2n) is 4.75. The van der Waals surface area contributed by atoms with Crippen LogP contribution < -0.4 is 10.5 Å². The van der Waals surface area contributed by atoms with Gasteiger partial charge in [-0.25, -0.2) is 13.1 Å². The molecule has 0 saturated carbocycles. The highest BCUT2D eigenvalue weighted by Gasteiger charge is 2.24. The van der Waals surface area contributed by atoms with E-state index < -0.39 is 10.0 Å². The van der Waals surface area contributed by atoms with Crippen LogP contribution in [0, 0.1) is 6.92 Å². The van der Waals surface area contributed by atoms with Crippen molar-refractivity contribution >= 4 is 20.9 Å². The number of aromatic nitrogens is 1. The molecule has 104 valence electrons. The molecule has 0 unspecified atom stereocenters. The first-order chi connectivity index (χ1) is 8.88. The first-order valence-electron chi connectivity index (χ1n) is 6.15. The summed E-state index contributed by atoms with van der Waals surface area (Å²) >= 11 is 0. The highest BCUT2D eigenvalue weighted by molar-refractivity contribution is 7.89. The molecule has 0 saturated heterocycles. The molecule has 1 atom stereocenters. The molecule has 19 heavy (non-hydrogen) atoms. The van der Waals surface area contributed by atoms with Gasteiger partial charge in [0.25, 0.3) is 0 Å². The molecule has 0 radical (unpaired) electrons. The number of hydrogen-bond donors (Lipinski definition) is 2. The zero-order valence-corrected chi connectivity index (χ0v) is 12.2. The molecule has 1 aromatic carbocycles. The largest absolute Gasteiger partial charge is 0.347 e. The van der Waals surface area contributed by atoms with Crippen LogP contribution in [0.3, 0.4) is 0 Å². The molecule has 0 bridgehead atoms. The molecule has 2 aromatic rings. The first kappa shape index (κ1) is 14.0. The number of fused-ring (bicyclic) bond motifs is 1. The Morgan fingerprint density at radius 2 is 2.00 bits per heavy atom. The minimum Gasteiger partial charge on any atom is -0.347 e. The standard InChI is InChI=1S/C13H19N3O2S/c1-9(8-14)15-19(17,18)13-10(2)16(3)12-7-5-4-6-11(12)13/h4-7,9,15H,8,14H2,1-3H3/t9-/m0/s1. The molecular weight excluding hydrogens is 262 g/mol. The summed E-state index contributed by atoms with van der Waals surface area (Å²) in [5.41, 5.74) is 7.10. The van der Waals surface area contributed by atoms with Crippen LogP contribution in [0.25, 0.3) is 10.9 Å². The van der Waals surface area contributed by atoms with E-state index in [2.05, 4.69) is 4.72 Å². The maximum atomic E-state index is 12.5. The second kappa shape index (κ2) is 4.96. The Balaban J connectivity index is 2.66. The van der Waals surface area contributed by atoms with Crippen molar-refractivity contribution in [2.24, 2.45) is 12.8 Å². The second-order valence-corrected chi connectivity index (χ2v) is 6.40. The molecular formula is C13H19N3O2S. The summed E-state index contributed by atoms with van der Waals surface area (Å²) in [5, 5.41) is 0.735. The highest BCUT2D eigenvalue weighted by Crippen LogP contribution is 2.28. The number of hydrogen-bond acceptors (Lipinski definition) is 3. The van der Waals surface area contributed by atoms with Crippen molar-refractivity contribution in [1.82, 2.24) is 9.29 Å². The number of nitrogens with zero attached hydrogens (tertiary/aromatic N) is 1. The minimum atomic E-state index is -3.56. The van der Waals surface area contributed by atoms with Gasteiger partial charge in [0.05, 0.1) is 0 Å². The van der Waals surface area contributed by atoms with Crippen molar-refractivity contribution in [2.75, 3.05) is 6.54 Å². The van der Waals surface area contributed by atoms with Crippen LogP contribution in [-0.4, -0.2) is 25.6 Å². The topological polar surface area (TPSA) is 77.1 Å². The van der Waals surface area contributed by atoms with E-state index in [9.17, 15) is 8.42 Å². The fourth-order valence-electron chi connectivity index (χ4n) is 2.20. The average Bonchev–Trinajstić information content (AvgIpc) is 2.62. The fraction of sp³-hybridized carbons (Fsp3) is 0.385. The normalized spacial score (nSPS) is 13.9. The lowest BCUT2D eigenvalue weighted by Crippen LogP contribution is -2.37. The van der Waals surface area contributed by atoms with Gasteiger partial charge in [-0.15, -0.1) is 0 Å². The Labute approximate surface area is 113 Å². The van der Waals surface area contributed by atoms with E-state index in [4.69, 9.17) is 5.73 Å². The number of rotatable bonds is 4. The quantitative estimate of drug-likeness (QED) is 0.881. The molecule has 0 aliphatic heterocycles. The summed E-state index contributed by atoms with van der Waals surface area (Å²) in [6.07, 6.45) is 0. The number of aryl methyl sites for hydroxylation is 1. The minimum absolute atomic E-state index is 0.267. The van der Waals surface area contributed by atoms with Gasteiger partial charge < -0.3 is 10.3 Å². The SMILES string of the molecule is Cc1c(S(=O)(=O)N[C@@H](C)CN)c2ccccc2n1C. The third-order valence-corrected chi connectivity index (χ3v) is 5.09. The van der Waals surface area contributed by atoms with Crippen molar-refractivity contribution in [3.05, 3.63) is 30.0 Å². The zero-order valence-electron chi connectivity index (χ0n) is 11.3. The molecule has 6 heteroatoms. The van der Waals surface area contributed by atoms with E-state index in [-0.39, 0.29) is 12.6 Å². The number of sulfonamides is 1. The van der Waals surface area contributed by atoms with Crippen LogP contribution >= 0.6 is 0 Å². The van der Waals surface area contributed by atoms with Gasteiger partial charge >= 0.3 is 0 Å². The van der Waals surface area contributed by atoms with E-state index in [0.717, 1.165) is 16.6 Å². The van der Waals surface area contributed by atoms with E-state index in [1.807, 2.05) is 42.8 Å². The number of nitrogens with two attached hydrogens (primary N) is 1. The number of benzene rings is 1. The summed E-state index contributed by atoms with van der Waals surface area (Å²) in [6, 6.07) is 7.18. The van der Waals surface area contributed by atoms with E-state index >= 15 is 0 Å².